The van der Waals surface area contributed by atoms with Crippen LogP contribution in [0.1, 0.15) is 31.7 Å². The molecule has 1 aliphatic rings. The van der Waals surface area contributed by atoms with E-state index < -0.39 is 0 Å². The molecule has 1 aromatic rings. The average Bonchev–Trinajstić information content (AvgIpc) is 2.49. The molecule has 3 nitrogen and oxygen atoms in total. The number of nitrogens with zero attached hydrogens (tertiary/aromatic N) is 1. The van der Waals surface area contributed by atoms with Gasteiger partial charge in [-0.05, 0) is 45.0 Å². The minimum atomic E-state index is -0.167. The van der Waals surface area contributed by atoms with E-state index in [0.717, 1.165) is 44.5 Å². The van der Waals surface area contributed by atoms with Gasteiger partial charge in [-0.25, -0.2) is 4.39 Å². The molecule has 0 radical (unpaired) electrons. The smallest absolute Gasteiger partial charge is 0.131 e. The highest BCUT2D eigenvalue weighted by Crippen LogP contribution is 2.21. The summed E-state index contributed by atoms with van der Waals surface area (Å²) in [5, 5.41) is 3.38. The Hall–Kier alpha value is -1.13. The van der Waals surface area contributed by atoms with Crippen molar-refractivity contribution in [2.24, 2.45) is 0 Å². The number of hydrogen-bond acceptors (Lipinski definition) is 3. The lowest BCUT2D eigenvalue weighted by molar-refractivity contribution is 0.152. The second-order valence-corrected chi connectivity index (χ2v) is 5.41. The maximum Gasteiger partial charge on any atom is 0.131 e. The van der Waals surface area contributed by atoms with Crippen molar-refractivity contribution in [3.63, 3.8) is 0 Å². The molecule has 2 rings (SSSR count). The van der Waals surface area contributed by atoms with Crippen LogP contribution >= 0.6 is 0 Å². The Morgan fingerprint density at radius 3 is 2.70 bits per heavy atom. The van der Waals surface area contributed by atoms with Crippen LogP contribution in [0.3, 0.4) is 0 Å². The first-order valence-electron chi connectivity index (χ1n) is 7.51. The second-order valence-electron chi connectivity index (χ2n) is 5.41. The number of rotatable bonds is 6. The number of piperidine rings is 1. The number of ether oxygens (including phenoxy) is 1. The third-order valence-corrected chi connectivity index (χ3v) is 3.97. The van der Waals surface area contributed by atoms with Gasteiger partial charge in [0.05, 0.1) is 7.11 Å². The summed E-state index contributed by atoms with van der Waals surface area (Å²) in [6.45, 7) is 6.02. The van der Waals surface area contributed by atoms with Gasteiger partial charge in [-0.2, -0.15) is 0 Å². The predicted molar refractivity (Wildman–Crippen MR) is 79.5 cm³/mol. The molecule has 112 valence electrons. The van der Waals surface area contributed by atoms with Gasteiger partial charge >= 0.3 is 0 Å². The maximum absolute atomic E-state index is 14.1. The molecule has 0 aliphatic carbocycles. The molecule has 0 unspecified atom stereocenters. The fourth-order valence-electron chi connectivity index (χ4n) is 2.85. The molecule has 0 atom stereocenters. The Balaban J connectivity index is 2.06. The van der Waals surface area contributed by atoms with Crippen LogP contribution in [0.25, 0.3) is 0 Å². The molecule has 1 heterocycles. The van der Waals surface area contributed by atoms with Crippen LogP contribution in [0.4, 0.5) is 4.39 Å². The summed E-state index contributed by atoms with van der Waals surface area (Å²) in [5.74, 6) is 0.412. The Kier molecular flexibility index (Phi) is 5.80. The normalized spacial score (nSPS) is 16.6. The van der Waals surface area contributed by atoms with Crippen LogP contribution in [0.5, 0.6) is 5.75 Å². The van der Waals surface area contributed by atoms with Crippen molar-refractivity contribution >= 4 is 0 Å². The maximum atomic E-state index is 14.1. The highest BCUT2D eigenvalue weighted by Gasteiger charge is 2.21. The third-order valence-electron chi connectivity index (χ3n) is 3.97. The first-order chi connectivity index (χ1) is 9.74. The highest BCUT2D eigenvalue weighted by atomic mass is 19.1. The van der Waals surface area contributed by atoms with Crippen LogP contribution in [0.15, 0.2) is 18.2 Å². The van der Waals surface area contributed by atoms with Crippen molar-refractivity contribution in [1.29, 1.82) is 0 Å². The van der Waals surface area contributed by atoms with Crippen molar-refractivity contribution < 1.29 is 9.13 Å². The van der Waals surface area contributed by atoms with Crippen molar-refractivity contribution in [3.05, 3.63) is 29.6 Å². The molecule has 0 spiro atoms. The van der Waals surface area contributed by atoms with Crippen molar-refractivity contribution in [2.75, 3.05) is 26.7 Å². The highest BCUT2D eigenvalue weighted by molar-refractivity contribution is 5.28. The molecule has 4 heteroatoms. The fraction of sp³-hybridized carbons (Fsp3) is 0.625. The lowest BCUT2D eigenvalue weighted by Crippen LogP contribution is -2.43. The largest absolute Gasteiger partial charge is 0.497 e. The summed E-state index contributed by atoms with van der Waals surface area (Å²) in [4.78, 5) is 2.42. The topological polar surface area (TPSA) is 24.5 Å². The van der Waals surface area contributed by atoms with E-state index in [-0.39, 0.29) is 5.82 Å². The molecule has 1 saturated heterocycles. The Morgan fingerprint density at radius 1 is 1.35 bits per heavy atom. The number of halogens is 1. The number of hydrogen-bond donors (Lipinski definition) is 1. The summed E-state index contributed by atoms with van der Waals surface area (Å²) >= 11 is 0. The molecule has 20 heavy (non-hydrogen) atoms. The zero-order valence-corrected chi connectivity index (χ0v) is 12.5. The summed E-state index contributed by atoms with van der Waals surface area (Å²) < 4.78 is 19.1. The van der Waals surface area contributed by atoms with E-state index in [1.165, 1.54) is 6.07 Å². The summed E-state index contributed by atoms with van der Waals surface area (Å²) in [7, 11) is 1.56. The van der Waals surface area contributed by atoms with E-state index in [0.29, 0.717) is 18.3 Å². The number of methoxy groups -OCH3 is 1. The molecular formula is C16H25FN2O. The molecule has 0 aromatic heterocycles. The van der Waals surface area contributed by atoms with E-state index in [9.17, 15) is 4.39 Å². The van der Waals surface area contributed by atoms with Crippen LogP contribution in [0.2, 0.25) is 0 Å². The minimum Gasteiger partial charge on any atom is -0.497 e. The lowest BCUT2D eigenvalue weighted by Gasteiger charge is -2.34. The van der Waals surface area contributed by atoms with Gasteiger partial charge in [-0.15, -0.1) is 0 Å². The quantitative estimate of drug-likeness (QED) is 0.867. The molecule has 1 aromatic carbocycles. The van der Waals surface area contributed by atoms with E-state index in [2.05, 4.69) is 17.1 Å². The van der Waals surface area contributed by atoms with Crippen molar-refractivity contribution in [3.8, 4) is 5.75 Å². The van der Waals surface area contributed by atoms with Gasteiger partial charge in [0.2, 0.25) is 0 Å². The van der Waals surface area contributed by atoms with Crippen molar-refractivity contribution in [1.82, 2.24) is 10.2 Å². The predicted octanol–water partition coefficient (Wildman–Crippen LogP) is 2.80. The molecule has 0 amide bonds. The zero-order valence-electron chi connectivity index (χ0n) is 12.5. The molecular weight excluding hydrogens is 255 g/mol. The van der Waals surface area contributed by atoms with Crippen molar-refractivity contribution in [2.45, 2.75) is 38.8 Å². The van der Waals surface area contributed by atoms with Crippen LogP contribution in [0, 0.1) is 5.82 Å². The first kappa shape index (κ1) is 15.3. The van der Waals surface area contributed by atoms with E-state index in [4.69, 9.17) is 4.74 Å². The fourth-order valence-corrected chi connectivity index (χ4v) is 2.85. The lowest BCUT2D eigenvalue weighted by atomic mass is 10.0. The zero-order chi connectivity index (χ0) is 14.4. The van der Waals surface area contributed by atoms with Crippen LogP contribution in [-0.4, -0.2) is 37.7 Å². The molecule has 0 saturated carbocycles. The SMILES string of the molecule is CCCN(Cc1ccc(OC)cc1F)C1CCNCC1. The first-order valence-corrected chi connectivity index (χ1v) is 7.51. The molecule has 1 N–H and O–H groups in total. The summed E-state index contributed by atoms with van der Waals surface area (Å²) in [6, 6.07) is 5.72. The molecule has 1 fully saturated rings. The Bertz CT molecular complexity index is 419. The summed E-state index contributed by atoms with van der Waals surface area (Å²) in [6.07, 6.45) is 3.40. The van der Waals surface area contributed by atoms with Gasteiger partial charge in [0.1, 0.15) is 11.6 Å². The van der Waals surface area contributed by atoms with Gasteiger partial charge < -0.3 is 10.1 Å². The van der Waals surface area contributed by atoms with E-state index in [1.807, 2.05) is 12.1 Å². The Labute approximate surface area is 121 Å². The van der Waals surface area contributed by atoms with Crippen LogP contribution in [-0.2, 0) is 6.54 Å². The second kappa shape index (κ2) is 7.60. The van der Waals surface area contributed by atoms with Gasteiger partial charge in [0, 0.05) is 24.2 Å². The average molecular weight is 280 g/mol. The van der Waals surface area contributed by atoms with Gasteiger partial charge in [-0.1, -0.05) is 13.0 Å². The molecule has 1 aliphatic heterocycles. The van der Waals surface area contributed by atoms with E-state index in [1.54, 1.807) is 7.11 Å². The van der Waals surface area contributed by atoms with Crippen LogP contribution < -0.4 is 10.1 Å². The van der Waals surface area contributed by atoms with Gasteiger partial charge in [-0.3, -0.25) is 4.90 Å². The molecule has 0 bridgehead atoms. The summed E-state index contributed by atoms with van der Waals surface area (Å²) in [5.41, 5.74) is 0.762. The van der Waals surface area contributed by atoms with Gasteiger partial charge in [0.25, 0.3) is 0 Å². The standard InChI is InChI=1S/C16H25FN2O/c1-3-10-19(14-6-8-18-9-7-14)12-13-4-5-15(20-2)11-16(13)17/h4-5,11,14,18H,3,6-10,12H2,1-2H3. The Morgan fingerprint density at radius 2 is 2.10 bits per heavy atom. The monoisotopic (exact) mass is 280 g/mol. The minimum absolute atomic E-state index is 0.167. The third kappa shape index (κ3) is 3.93. The van der Waals surface area contributed by atoms with E-state index >= 15 is 0 Å². The number of benzene rings is 1. The van der Waals surface area contributed by atoms with Gasteiger partial charge in [0.15, 0.2) is 0 Å². The number of nitrogens with one attached hydrogen (secondary N) is 1.